The smallest absolute Gasteiger partial charge is 0.279 e. The predicted octanol–water partition coefficient (Wildman–Crippen LogP) is 2.45. The molecular formula is C23H27N3O5Si. The van der Waals surface area contributed by atoms with Crippen LogP contribution in [0, 0.1) is 5.92 Å². The first-order valence-electron chi connectivity index (χ1n) is 10.9. The average Bonchev–Trinajstić information content (AvgIpc) is 3.33. The van der Waals surface area contributed by atoms with E-state index in [4.69, 9.17) is 4.74 Å². The molecule has 4 N–H and O–H groups in total. The van der Waals surface area contributed by atoms with Gasteiger partial charge in [-0.2, -0.15) is 0 Å². The number of para-hydroxylation sites is 1. The van der Waals surface area contributed by atoms with Crippen LogP contribution in [0.5, 0.6) is 0 Å². The molecule has 1 saturated heterocycles. The first kappa shape index (κ1) is 21.1. The van der Waals surface area contributed by atoms with Crippen molar-refractivity contribution in [2.45, 2.75) is 43.7 Å². The highest BCUT2D eigenvalue weighted by Gasteiger charge is 2.64. The normalized spacial score (nSPS) is 27.3. The number of rotatable bonds is 4. The number of carbonyl (C=O) groups is 1. The minimum atomic E-state index is -2.72. The van der Waals surface area contributed by atoms with E-state index < -0.39 is 20.0 Å². The number of fused-ring (bicyclic) bond motifs is 3. The van der Waals surface area contributed by atoms with E-state index in [2.05, 4.69) is 10.4 Å². The van der Waals surface area contributed by atoms with Crippen LogP contribution in [-0.4, -0.2) is 46.6 Å². The van der Waals surface area contributed by atoms with Gasteiger partial charge in [0.15, 0.2) is 13.9 Å². The monoisotopic (exact) mass is 453 g/mol. The molecule has 8 nitrogen and oxygen atoms in total. The number of aliphatic hydroxyl groups excluding tert-OH is 1. The number of nitrogens with one attached hydrogen (secondary N) is 2. The number of H-pyrrole nitrogens is 1. The minimum Gasteiger partial charge on any atom is -0.432 e. The Labute approximate surface area is 185 Å². The standard InChI is InChI=1S/C23H27N3O5Si/c1-13-20(32(2,3)30)19(10-11-27)31-23(13)16-12-14(8-9-18(16)24-22(23)29)26-21(28)15-6-4-5-7-17(15)25-26/h4-9,12-13,19-20,25,27,30H,10-11H2,1-3H3,(H,24,29)/t13-,19+,20-,23+/m0/s1. The largest absolute Gasteiger partial charge is 0.432 e. The van der Waals surface area contributed by atoms with Crippen LogP contribution in [0.15, 0.2) is 47.3 Å². The van der Waals surface area contributed by atoms with Gasteiger partial charge in [0.2, 0.25) is 0 Å². The van der Waals surface area contributed by atoms with Crippen molar-refractivity contribution in [1.82, 2.24) is 9.78 Å². The highest BCUT2D eigenvalue weighted by Crippen LogP contribution is 2.58. The van der Waals surface area contributed by atoms with Crippen molar-refractivity contribution in [2.24, 2.45) is 5.92 Å². The van der Waals surface area contributed by atoms with Crippen molar-refractivity contribution < 1.29 is 19.4 Å². The van der Waals surface area contributed by atoms with Crippen LogP contribution < -0.4 is 10.9 Å². The van der Waals surface area contributed by atoms with Gasteiger partial charge in [0.25, 0.3) is 11.5 Å². The Morgan fingerprint density at radius 1 is 1.19 bits per heavy atom. The lowest BCUT2D eigenvalue weighted by molar-refractivity contribution is -0.143. The second kappa shape index (κ2) is 7.14. The Hall–Kier alpha value is -2.72. The Bertz CT molecular complexity index is 1280. The van der Waals surface area contributed by atoms with Crippen molar-refractivity contribution in [3.8, 4) is 5.69 Å². The van der Waals surface area contributed by atoms with Crippen molar-refractivity contribution in [1.29, 1.82) is 0 Å². The zero-order chi connectivity index (χ0) is 22.8. The molecule has 2 aromatic carbocycles. The summed E-state index contributed by atoms with van der Waals surface area (Å²) in [5.41, 5.74) is 0.927. The predicted molar refractivity (Wildman–Crippen MR) is 123 cm³/mol. The van der Waals surface area contributed by atoms with Crippen molar-refractivity contribution in [2.75, 3.05) is 11.9 Å². The molecule has 0 radical (unpaired) electrons. The highest BCUT2D eigenvalue weighted by molar-refractivity contribution is 6.71. The minimum absolute atomic E-state index is 0.0899. The maximum Gasteiger partial charge on any atom is 0.279 e. The second-order valence-electron chi connectivity index (χ2n) is 9.35. The number of ether oxygens (including phenoxy) is 1. The maximum absolute atomic E-state index is 13.3. The Morgan fingerprint density at radius 2 is 1.94 bits per heavy atom. The highest BCUT2D eigenvalue weighted by atomic mass is 28.4. The van der Waals surface area contributed by atoms with Crippen molar-refractivity contribution in [3.63, 3.8) is 0 Å². The summed E-state index contributed by atoms with van der Waals surface area (Å²) < 4.78 is 7.89. The molecule has 32 heavy (non-hydrogen) atoms. The first-order valence-corrected chi connectivity index (χ1v) is 13.9. The van der Waals surface area contributed by atoms with E-state index in [0.29, 0.717) is 28.7 Å². The fourth-order valence-corrected chi connectivity index (χ4v) is 8.26. The summed E-state index contributed by atoms with van der Waals surface area (Å²) in [4.78, 5) is 37.3. The van der Waals surface area contributed by atoms with Crippen molar-refractivity contribution in [3.05, 3.63) is 58.4 Å². The third-order valence-corrected chi connectivity index (χ3v) is 9.49. The molecule has 5 rings (SSSR count). The van der Waals surface area contributed by atoms with Crippen LogP contribution in [0.3, 0.4) is 0 Å². The van der Waals surface area contributed by atoms with Gasteiger partial charge in [0, 0.05) is 29.3 Å². The number of nitrogens with zero attached hydrogens (tertiary/aromatic N) is 1. The molecule has 0 bridgehead atoms. The van der Waals surface area contributed by atoms with E-state index in [0.717, 1.165) is 5.52 Å². The first-order chi connectivity index (χ1) is 15.2. The molecule has 168 valence electrons. The SMILES string of the molecule is C[C@H]1[C@H]([Si](C)(C)O)[C@@H](CCO)O[C@]12C(=O)Nc1ccc(-n3[nH]c4ccccc4c3=O)cc12. The Morgan fingerprint density at radius 3 is 2.62 bits per heavy atom. The fourth-order valence-electron chi connectivity index (χ4n) is 5.66. The summed E-state index contributed by atoms with van der Waals surface area (Å²) in [5, 5.41) is 16.2. The van der Waals surface area contributed by atoms with Gasteiger partial charge in [-0.15, -0.1) is 0 Å². The summed E-state index contributed by atoms with van der Waals surface area (Å²) >= 11 is 0. The molecule has 1 fully saturated rings. The quantitative estimate of drug-likeness (QED) is 0.453. The molecule has 3 aromatic rings. The van der Waals surface area contributed by atoms with Crippen LogP contribution in [0.1, 0.15) is 18.9 Å². The summed E-state index contributed by atoms with van der Waals surface area (Å²) in [5.74, 6) is -0.577. The van der Waals surface area contributed by atoms with Gasteiger partial charge in [-0.25, -0.2) is 4.68 Å². The lowest BCUT2D eigenvalue weighted by Crippen LogP contribution is -2.43. The third kappa shape index (κ3) is 2.85. The molecule has 1 amide bonds. The zero-order valence-electron chi connectivity index (χ0n) is 18.3. The van der Waals surface area contributed by atoms with Gasteiger partial charge in [0.05, 0.1) is 22.7 Å². The average molecular weight is 454 g/mol. The van der Waals surface area contributed by atoms with E-state index in [9.17, 15) is 19.5 Å². The summed E-state index contributed by atoms with van der Waals surface area (Å²) in [6, 6.07) is 12.7. The molecule has 2 aliphatic heterocycles. The number of carbonyl (C=O) groups excluding carboxylic acids is 1. The van der Waals surface area contributed by atoms with Gasteiger partial charge in [-0.1, -0.05) is 19.1 Å². The zero-order valence-corrected chi connectivity index (χ0v) is 19.3. The van der Waals surface area contributed by atoms with Gasteiger partial charge in [0.1, 0.15) is 0 Å². The number of aromatic nitrogens is 2. The molecule has 4 atom stereocenters. The number of hydrogen-bond donors (Lipinski definition) is 4. The molecule has 3 heterocycles. The number of aromatic amines is 1. The maximum atomic E-state index is 13.3. The fraction of sp³-hybridized carbons (Fsp3) is 0.391. The molecule has 0 aliphatic carbocycles. The number of amides is 1. The summed E-state index contributed by atoms with van der Waals surface area (Å²) in [6.45, 7) is 5.53. The molecule has 1 spiro atoms. The molecule has 9 heteroatoms. The second-order valence-corrected chi connectivity index (χ2v) is 13.3. The number of anilines is 1. The Kier molecular flexibility index (Phi) is 4.72. The lowest BCUT2D eigenvalue weighted by Gasteiger charge is -2.32. The topological polar surface area (TPSA) is 117 Å². The number of hydrogen-bond acceptors (Lipinski definition) is 5. The van der Waals surface area contributed by atoms with Gasteiger partial charge in [-0.3, -0.25) is 14.7 Å². The van der Waals surface area contributed by atoms with Crippen LogP contribution in [0.25, 0.3) is 16.6 Å². The summed E-state index contributed by atoms with van der Waals surface area (Å²) in [7, 11) is -2.72. The molecule has 2 aliphatic rings. The van der Waals surface area contributed by atoms with Crippen molar-refractivity contribution >= 4 is 30.8 Å². The van der Waals surface area contributed by atoms with Crippen LogP contribution >= 0.6 is 0 Å². The van der Waals surface area contributed by atoms with Crippen LogP contribution in [-0.2, 0) is 15.1 Å². The molecule has 0 unspecified atom stereocenters. The van der Waals surface area contributed by atoms with Gasteiger partial charge >= 0.3 is 0 Å². The van der Waals surface area contributed by atoms with Gasteiger partial charge in [-0.05, 0) is 49.8 Å². The van der Waals surface area contributed by atoms with E-state index >= 15 is 0 Å². The van der Waals surface area contributed by atoms with Crippen LogP contribution in [0.2, 0.25) is 18.6 Å². The number of aliphatic hydroxyl groups is 1. The third-order valence-electron chi connectivity index (χ3n) is 6.99. The molecule has 0 saturated carbocycles. The lowest BCUT2D eigenvalue weighted by atomic mass is 9.82. The molecule has 1 aromatic heterocycles. The van der Waals surface area contributed by atoms with E-state index in [-0.39, 0.29) is 29.5 Å². The summed E-state index contributed by atoms with van der Waals surface area (Å²) in [6.07, 6.45) is -0.0878. The number of benzene rings is 2. The van der Waals surface area contributed by atoms with E-state index in [1.165, 1.54) is 4.68 Å². The molecular weight excluding hydrogens is 426 g/mol. The Balaban J connectivity index is 1.66. The van der Waals surface area contributed by atoms with E-state index in [1.54, 1.807) is 18.2 Å². The van der Waals surface area contributed by atoms with E-state index in [1.807, 2.05) is 44.3 Å². The van der Waals surface area contributed by atoms with Crippen LogP contribution in [0.4, 0.5) is 5.69 Å². The van der Waals surface area contributed by atoms with Gasteiger partial charge < -0.3 is 20.0 Å².